The lowest BCUT2D eigenvalue weighted by Gasteiger charge is -2.10. The van der Waals surface area contributed by atoms with Crippen molar-refractivity contribution in [3.8, 4) is 11.8 Å². The van der Waals surface area contributed by atoms with Crippen LogP contribution in [0.4, 0.5) is 0 Å². The van der Waals surface area contributed by atoms with Crippen molar-refractivity contribution in [2.24, 2.45) is 0 Å². The van der Waals surface area contributed by atoms with Crippen molar-refractivity contribution in [1.82, 2.24) is 4.98 Å². The van der Waals surface area contributed by atoms with Gasteiger partial charge >= 0.3 is 0 Å². The molecule has 0 aromatic carbocycles. The molecule has 0 atom stereocenters. The van der Waals surface area contributed by atoms with Crippen LogP contribution in [0.15, 0.2) is 6.20 Å². The van der Waals surface area contributed by atoms with E-state index in [1.54, 1.807) is 13.3 Å². The minimum atomic E-state index is 0.500. The molecular weight excluding hydrogens is 176 g/mol. The Bertz CT molecular complexity index is 366. The normalized spacial score (nSPS) is 9.57. The lowest BCUT2D eigenvalue weighted by atomic mass is 10.1. The molecule has 1 aromatic rings. The number of nitriles is 1. The molecule has 0 saturated carbocycles. The summed E-state index contributed by atoms with van der Waals surface area (Å²) >= 11 is 0. The largest absolute Gasteiger partial charge is 0.496 e. The molecule has 14 heavy (non-hydrogen) atoms. The highest BCUT2D eigenvalue weighted by molar-refractivity contribution is 5.41. The average molecular weight is 190 g/mol. The van der Waals surface area contributed by atoms with Crippen LogP contribution in [0.25, 0.3) is 0 Å². The molecule has 1 heterocycles. The van der Waals surface area contributed by atoms with E-state index in [-0.39, 0.29) is 0 Å². The van der Waals surface area contributed by atoms with Gasteiger partial charge in [0.05, 0.1) is 13.2 Å². The summed E-state index contributed by atoms with van der Waals surface area (Å²) in [6.45, 7) is 3.94. The van der Waals surface area contributed by atoms with Gasteiger partial charge in [-0.3, -0.25) is 4.98 Å². The van der Waals surface area contributed by atoms with Crippen LogP contribution < -0.4 is 4.74 Å². The fourth-order valence-corrected chi connectivity index (χ4v) is 1.50. The van der Waals surface area contributed by atoms with Crippen LogP contribution in [0.2, 0.25) is 0 Å². The zero-order valence-corrected chi connectivity index (χ0v) is 8.79. The van der Waals surface area contributed by atoms with Gasteiger partial charge in [0.15, 0.2) is 0 Å². The van der Waals surface area contributed by atoms with Crippen molar-refractivity contribution >= 4 is 0 Å². The molecule has 0 aliphatic heterocycles. The molecule has 0 unspecified atom stereocenters. The zero-order chi connectivity index (χ0) is 10.6. The number of hydrogen-bond acceptors (Lipinski definition) is 3. The molecule has 0 aliphatic carbocycles. The molecule has 0 saturated heterocycles. The Balaban J connectivity index is 3.03. The third-order valence-corrected chi connectivity index (χ3v) is 2.22. The summed E-state index contributed by atoms with van der Waals surface area (Å²) in [7, 11) is 1.66. The van der Waals surface area contributed by atoms with Gasteiger partial charge in [-0.05, 0) is 13.8 Å². The molecule has 0 spiro atoms. The van der Waals surface area contributed by atoms with Crippen LogP contribution in [0.3, 0.4) is 0 Å². The Hall–Kier alpha value is -1.56. The van der Waals surface area contributed by atoms with Crippen LogP contribution in [-0.2, 0) is 6.42 Å². The first-order chi connectivity index (χ1) is 6.70. The van der Waals surface area contributed by atoms with E-state index in [0.717, 1.165) is 22.6 Å². The van der Waals surface area contributed by atoms with Crippen molar-refractivity contribution in [1.29, 1.82) is 5.26 Å². The number of methoxy groups -OCH3 is 1. The third-order valence-electron chi connectivity index (χ3n) is 2.22. The quantitative estimate of drug-likeness (QED) is 0.733. The second-order valence-corrected chi connectivity index (χ2v) is 3.20. The molecule has 3 heteroatoms. The second-order valence-electron chi connectivity index (χ2n) is 3.20. The minimum Gasteiger partial charge on any atom is -0.496 e. The van der Waals surface area contributed by atoms with Gasteiger partial charge in [0, 0.05) is 35.9 Å². The van der Waals surface area contributed by atoms with E-state index in [4.69, 9.17) is 10.00 Å². The second kappa shape index (κ2) is 4.61. The Morgan fingerprint density at radius 1 is 1.50 bits per heavy atom. The van der Waals surface area contributed by atoms with Gasteiger partial charge in [0.1, 0.15) is 5.75 Å². The van der Waals surface area contributed by atoms with Crippen molar-refractivity contribution in [2.75, 3.05) is 7.11 Å². The Labute approximate surface area is 84.3 Å². The molecule has 0 aliphatic rings. The molecule has 0 radical (unpaired) electrons. The maximum Gasteiger partial charge on any atom is 0.128 e. The van der Waals surface area contributed by atoms with E-state index in [0.29, 0.717) is 12.8 Å². The fourth-order valence-electron chi connectivity index (χ4n) is 1.50. The summed E-state index contributed by atoms with van der Waals surface area (Å²) in [5, 5.41) is 8.49. The van der Waals surface area contributed by atoms with Gasteiger partial charge < -0.3 is 4.74 Å². The molecule has 0 N–H and O–H groups in total. The summed E-state index contributed by atoms with van der Waals surface area (Å²) < 4.78 is 5.27. The monoisotopic (exact) mass is 190 g/mol. The van der Waals surface area contributed by atoms with E-state index in [1.807, 2.05) is 13.8 Å². The highest BCUT2D eigenvalue weighted by Crippen LogP contribution is 2.24. The molecule has 1 rings (SSSR count). The number of hydrogen-bond donors (Lipinski definition) is 0. The van der Waals surface area contributed by atoms with Gasteiger partial charge in [-0.15, -0.1) is 0 Å². The van der Waals surface area contributed by atoms with Gasteiger partial charge in [-0.2, -0.15) is 5.26 Å². The van der Waals surface area contributed by atoms with Gasteiger partial charge in [-0.25, -0.2) is 0 Å². The predicted octanol–water partition coefficient (Wildman–Crippen LogP) is 2.16. The highest BCUT2D eigenvalue weighted by Gasteiger charge is 2.08. The summed E-state index contributed by atoms with van der Waals surface area (Å²) in [6.07, 6.45) is 2.98. The lowest BCUT2D eigenvalue weighted by molar-refractivity contribution is 0.407. The average Bonchev–Trinajstić information content (AvgIpc) is 2.18. The van der Waals surface area contributed by atoms with E-state index >= 15 is 0 Å². The van der Waals surface area contributed by atoms with Gasteiger partial charge in [0.25, 0.3) is 0 Å². The van der Waals surface area contributed by atoms with Crippen LogP contribution in [-0.4, -0.2) is 12.1 Å². The van der Waals surface area contributed by atoms with Gasteiger partial charge in [0.2, 0.25) is 0 Å². The Morgan fingerprint density at radius 2 is 2.21 bits per heavy atom. The van der Waals surface area contributed by atoms with Crippen molar-refractivity contribution in [3.63, 3.8) is 0 Å². The molecule has 0 bridgehead atoms. The fraction of sp³-hybridized carbons (Fsp3) is 0.455. The lowest BCUT2D eigenvalue weighted by Crippen LogP contribution is -1.99. The molecule has 1 aromatic heterocycles. The van der Waals surface area contributed by atoms with Crippen molar-refractivity contribution in [2.45, 2.75) is 26.7 Å². The molecule has 0 amide bonds. The number of rotatable bonds is 3. The molecule has 74 valence electrons. The molecule has 3 nitrogen and oxygen atoms in total. The molecule has 0 fully saturated rings. The maximum absolute atomic E-state index is 8.49. The van der Waals surface area contributed by atoms with Crippen LogP contribution >= 0.6 is 0 Å². The number of aromatic nitrogens is 1. The first kappa shape index (κ1) is 10.5. The Morgan fingerprint density at radius 3 is 2.79 bits per heavy atom. The zero-order valence-electron chi connectivity index (χ0n) is 8.79. The van der Waals surface area contributed by atoms with Crippen LogP contribution in [0, 0.1) is 25.2 Å². The van der Waals surface area contributed by atoms with E-state index < -0.39 is 0 Å². The highest BCUT2D eigenvalue weighted by atomic mass is 16.5. The standard InChI is InChI=1S/C11H14N2O/c1-8-7-13-10(5-4-6-12)9(2)11(8)14-3/h7H,4-5H2,1-3H3. The van der Waals surface area contributed by atoms with Crippen molar-refractivity contribution in [3.05, 3.63) is 23.0 Å². The predicted molar refractivity (Wildman–Crippen MR) is 54.2 cm³/mol. The summed E-state index contributed by atoms with van der Waals surface area (Å²) in [5.41, 5.74) is 3.03. The third kappa shape index (κ3) is 2.02. The van der Waals surface area contributed by atoms with Crippen LogP contribution in [0.1, 0.15) is 23.2 Å². The van der Waals surface area contributed by atoms with E-state index in [1.165, 1.54) is 0 Å². The SMILES string of the molecule is COc1c(C)cnc(CCC#N)c1C. The van der Waals surface area contributed by atoms with Crippen LogP contribution in [0.5, 0.6) is 5.75 Å². The number of nitrogens with zero attached hydrogens (tertiary/aromatic N) is 2. The van der Waals surface area contributed by atoms with Gasteiger partial charge in [-0.1, -0.05) is 0 Å². The topological polar surface area (TPSA) is 45.9 Å². The Kier molecular flexibility index (Phi) is 3.47. The number of ether oxygens (including phenoxy) is 1. The smallest absolute Gasteiger partial charge is 0.128 e. The van der Waals surface area contributed by atoms with Crippen molar-refractivity contribution < 1.29 is 4.74 Å². The number of aryl methyl sites for hydroxylation is 2. The first-order valence-corrected chi connectivity index (χ1v) is 4.56. The summed E-state index contributed by atoms with van der Waals surface area (Å²) in [4.78, 5) is 4.29. The summed E-state index contributed by atoms with van der Waals surface area (Å²) in [6, 6.07) is 2.11. The van der Waals surface area contributed by atoms with E-state index in [9.17, 15) is 0 Å². The molecular formula is C11H14N2O. The maximum atomic E-state index is 8.49. The number of pyridine rings is 1. The minimum absolute atomic E-state index is 0.500. The summed E-state index contributed by atoms with van der Waals surface area (Å²) in [5.74, 6) is 0.882. The first-order valence-electron chi connectivity index (χ1n) is 4.56. The van der Waals surface area contributed by atoms with E-state index in [2.05, 4.69) is 11.1 Å².